The molecule has 1 amide bonds. The second kappa shape index (κ2) is 7.90. The van der Waals surface area contributed by atoms with Gasteiger partial charge in [-0.1, -0.05) is 18.2 Å². The van der Waals surface area contributed by atoms with Crippen molar-refractivity contribution in [2.45, 2.75) is 6.61 Å². The number of para-hydroxylation sites is 1. The van der Waals surface area contributed by atoms with Gasteiger partial charge in [-0.15, -0.1) is 0 Å². The van der Waals surface area contributed by atoms with Gasteiger partial charge in [0.1, 0.15) is 16.9 Å². The Kier molecular flexibility index (Phi) is 5.14. The van der Waals surface area contributed by atoms with Gasteiger partial charge in [0.2, 0.25) is 0 Å². The zero-order valence-corrected chi connectivity index (χ0v) is 16.1. The number of benzene rings is 3. The molecular weight excluding hydrogens is 396 g/mol. The molecular formula is C22H17F2NO5. The molecule has 0 fully saturated rings. The minimum Gasteiger partial charge on any atom is -0.495 e. The Morgan fingerprint density at radius 1 is 0.900 bits per heavy atom. The Morgan fingerprint density at radius 3 is 2.40 bits per heavy atom. The fourth-order valence-electron chi connectivity index (χ4n) is 3.21. The van der Waals surface area contributed by atoms with Gasteiger partial charge in [-0.25, -0.2) is 0 Å². The average molecular weight is 413 g/mol. The monoisotopic (exact) mass is 413 g/mol. The first-order valence-electron chi connectivity index (χ1n) is 8.93. The maximum Gasteiger partial charge on any atom is 0.387 e. The molecule has 1 heterocycles. The third kappa shape index (κ3) is 3.59. The molecule has 3 aromatic carbocycles. The number of methoxy groups -OCH3 is 2. The van der Waals surface area contributed by atoms with Crippen molar-refractivity contribution in [1.82, 2.24) is 0 Å². The average Bonchev–Trinajstić information content (AvgIpc) is 3.10. The van der Waals surface area contributed by atoms with Crippen LogP contribution in [-0.2, 0) is 0 Å². The van der Waals surface area contributed by atoms with Crippen LogP contribution < -0.4 is 19.5 Å². The van der Waals surface area contributed by atoms with E-state index < -0.39 is 12.5 Å². The molecule has 6 nitrogen and oxygen atoms in total. The first kappa shape index (κ1) is 19.5. The molecule has 4 aromatic rings. The maximum absolute atomic E-state index is 12.8. The van der Waals surface area contributed by atoms with E-state index in [0.717, 1.165) is 16.4 Å². The molecule has 0 saturated carbocycles. The van der Waals surface area contributed by atoms with E-state index >= 15 is 0 Å². The van der Waals surface area contributed by atoms with Crippen molar-refractivity contribution in [3.63, 3.8) is 0 Å². The van der Waals surface area contributed by atoms with Crippen molar-refractivity contribution < 1.29 is 32.2 Å². The molecule has 0 radical (unpaired) electrons. The molecule has 0 spiro atoms. The van der Waals surface area contributed by atoms with Crippen LogP contribution in [0.2, 0.25) is 0 Å². The van der Waals surface area contributed by atoms with Crippen molar-refractivity contribution in [3.8, 4) is 17.2 Å². The number of hydrogen-bond acceptors (Lipinski definition) is 5. The second-order valence-electron chi connectivity index (χ2n) is 6.35. The quantitative estimate of drug-likeness (QED) is 0.455. The molecule has 0 bridgehead atoms. The molecule has 1 N–H and O–H groups in total. The third-order valence-electron chi connectivity index (χ3n) is 4.59. The molecule has 0 atom stereocenters. The van der Waals surface area contributed by atoms with Gasteiger partial charge >= 0.3 is 6.61 Å². The summed E-state index contributed by atoms with van der Waals surface area (Å²) in [5.74, 6) is -0.175. The van der Waals surface area contributed by atoms with E-state index in [9.17, 15) is 13.6 Å². The van der Waals surface area contributed by atoms with E-state index in [1.165, 1.54) is 32.4 Å². The molecule has 0 unspecified atom stereocenters. The Balaban J connectivity index is 1.68. The fourth-order valence-corrected chi connectivity index (χ4v) is 3.21. The van der Waals surface area contributed by atoms with Crippen LogP contribution >= 0.6 is 0 Å². The SMILES string of the molecule is COc1cc2c(cc1NC(=O)c1ccc(OC(F)F)c(OC)c1)oc1ccccc12. The minimum atomic E-state index is -3.00. The van der Waals surface area contributed by atoms with Crippen LogP contribution in [0.1, 0.15) is 10.4 Å². The van der Waals surface area contributed by atoms with E-state index in [2.05, 4.69) is 10.1 Å². The highest BCUT2D eigenvalue weighted by Gasteiger charge is 2.17. The van der Waals surface area contributed by atoms with Crippen LogP contribution in [0.5, 0.6) is 17.2 Å². The summed E-state index contributed by atoms with van der Waals surface area (Å²) in [5.41, 5.74) is 1.91. The summed E-state index contributed by atoms with van der Waals surface area (Å²) < 4.78 is 45.7. The minimum absolute atomic E-state index is 0.0163. The second-order valence-corrected chi connectivity index (χ2v) is 6.35. The zero-order valence-electron chi connectivity index (χ0n) is 16.1. The van der Waals surface area contributed by atoms with Crippen LogP contribution in [-0.4, -0.2) is 26.7 Å². The van der Waals surface area contributed by atoms with Gasteiger partial charge in [0.15, 0.2) is 11.5 Å². The van der Waals surface area contributed by atoms with Crippen LogP contribution in [0.4, 0.5) is 14.5 Å². The number of anilines is 1. The molecule has 1 aromatic heterocycles. The van der Waals surface area contributed by atoms with Crippen LogP contribution in [0.3, 0.4) is 0 Å². The summed E-state index contributed by atoms with van der Waals surface area (Å²) in [4.78, 5) is 12.8. The van der Waals surface area contributed by atoms with Crippen LogP contribution in [0.15, 0.2) is 59.0 Å². The Bertz CT molecular complexity index is 1240. The summed E-state index contributed by atoms with van der Waals surface area (Å²) in [7, 11) is 2.80. The molecule has 8 heteroatoms. The molecule has 0 saturated heterocycles. The first-order chi connectivity index (χ1) is 14.5. The van der Waals surface area contributed by atoms with Crippen LogP contribution in [0.25, 0.3) is 21.9 Å². The van der Waals surface area contributed by atoms with Crippen molar-refractivity contribution in [2.75, 3.05) is 19.5 Å². The predicted octanol–water partition coefficient (Wildman–Crippen LogP) is 5.46. The third-order valence-corrected chi connectivity index (χ3v) is 4.59. The number of nitrogens with one attached hydrogen (secondary N) is 1. The number of amides is 1. The normalized spacial score (nSPS) is 11.1. The smallest absolute Gasteiger partial charge is 0.387 e. The molecule has 30 heavy (non-hydrogen) atoms. The predicted molar refractivity (Wildman–Crippen MR) is 108 cm³/mol. The standard InChI is InChI=1S/C22H17F2NO5/c1-27-19-10-14-13-5-3-4-6-16(13)29-18(14)11-15(19)25-21(26)12-7-8-17(30-22(23)24)20(9-12)28-2/h3-11,22H,1-2H3,(H,25,26). The van der Waals surface area contributed by atoms with E-state index in [1.807, 2.05) is 24.3 Å². The van der Waals surface area contributed by atoms with Gasteiger partial charge in [0.25, 0.3) is 5.91 Å². The topological polar surface area (TPSA) is 69.9 Å². The summed E-state index contributed by atoms with van der Waals surface area (Å²) in [6.07, 6.45) is 0. The highest BCUT2D eigenvalue weighted by molar-refractivity contribution is 6.10. The van der Waals surface area contributed by atoms with E-state index in [1.54, 1.807) is 12.1 Å². The molecule has 0 aliphatic carbocycles. The number of furan rings is 1. The van der Waals surface area contributed by atoms with Gasteiger partial charge in [-0.05, 0) is 30.3 Å². The largest absolute Gasteiger partial charge is 0.495 e. The van der Waals surface area contributed by atoms with Crippen molar-refractivity contribution >= 4 is 33.5 Å². The lowest BCUT2D eigenvalue weighted by Gasteiger charge is -2.13. The first-order valence-corrected chi connectivity index (χ1v) is 8.93. The highest BCUT2D eigenvalue weighted by atomic mass is 19.3. The molecule has 0 aliphatic heterocycles. The lowest BCUT2D eigenvalue weighted by molar-refractivity contribution is -0.0512. The van der Waals surface area contributed by atoms with E-state index in [0.29, 0.717) is 17.0 Å². The van der Waals surface area contributed by atoms with Crippen molar-refractivity contribution in [2.24, 2.45) is 0 Å². The highest BCUT2D eigenvalue weighted by Crippen LogP contribution is 2.37. The van der Waals surface area contributed by atoms with E-state index in [-0.39, 0.29) is 17.1 Å². The van der Waals surface area contributed by atoms with Gasteiger partial charge < -0.3 is 23.9 Å². The lowest BCUT2D eigenvalue weighted by atomic mass is 10.1. The number of alkyl halides is 2. The maximum atomic E-state index is 12.8. The number of ether oxygens (including phenoxy) is 3. The van der Waals surface area contributed by atoms with Gasteiger partial charge in [-0.3, -0.25) is 4.79 Å². The lowest BCUT2D eigenvalue weighted by Crippen LogP contribution is -2.13. The Labute approximate surface area is 169 Å². The number of carbonyl (C=O) groups excluding carboxylic acids is 1. The fraction of sp³-hybridized carbons (Fsp3) is 0.136. The number of rotatable bonds is 6. The summed E-state index contributed by atoms with van der Waals surface area (Å²) in [6.45, 7) is -3.00. The number of fused-ring (bicyclic) bond motifs is 3. The van der Waals surface area contributed by atoms with E-state index in [4.69, 9.17) is 13.9 Å². The van der Waals surface area contributed by atoms with Crippen molar-refractivity contribution in [3.05, 3.63) is 60.2 Å². The van der Waals surface area contributed by atoms with Gasteiger partial charge in [0.05, 0.1) is 19.9 Å². The number of carbonyl (C=O) groups is 1. The summed E-state index contributed by atoms with van der Waals surface area (Å²) in [6, 6.07) is 15.0. The Hall–Kier alpha value is -3.81. The molecule has 0 aliphatic rings. The van der Waals surface area contributed by atoms with Crippen molar-refractivity contribution in [1.29, 1.82) is 0 Å². The van der Waals surface area contributed by atoms with Gasteiger partial charge in [0, 0.05) is 22.4 Å². The Morgan fingerprint density at radius 2 is 1.67 bits per heavy atom. The van der Waals surface area contributed by atoms with Crippen LogP contribution in [0, 0.1) is 0 Å². The summed E-state index contributed by atoms with van der Waals surface area (Å²) in [5, 5.41) is 4.55. The zero-order chi connectivity index (χ0) is 21.3. The number of hydrogen-bond donors (Lipinski definition) is 1. The molecule has 4 rings (SSSR count). The summed E-state index contributed by atoms with van der Waals surface area (Å²) >= 11 is 0. The number of halogens is 2. The van der Waals surface area contributed by atoms with Gasteiger partial charge in [-0.2, -0.15) is 8.78 Å². The molecule has 154 valence electrons.